The summed E-state index contributed by atoms with van der Waals surface area (Å²) in [7, 11) is 1.55. The molecule has 0 unspecified atom stereocenters. The van der Waals surface area contributed by atoms with Crippen LogP contribution in [0.25, 0.3) is 11.0 Å². The summed E-state index contributed by atoms with van der Waals surface area (Å²) in [5, 5.41) is 0.795. The van der Waals surface area contributed by atoms with Gasteiger partial charge in [-0.05, 0) is 32.9 Å². The Morgan fingerprint density at radius 1 is 1.19 bits per heavy atom. The van der Waals surface area contributed by atoms with Gasteiger partial charge in [0, 0.05) is 41.6 Å². The van der Waals surface area contributed by atoms with Gasteiger partial charge in [-0.15, -0.1) is 0 Å². The maximum Gasteiger partial charge on any atom is 0.375 e. The van der Waals surface area contributed by atoms with Gasteiger partial charge in [-0.3, -0.25) is 4.79 Å². The maximum absolute atomic E-state index is 12.5. The number of carbonyl (C=O) groups excluding carboxylic acids is 2. The van der Waals surface area contributed by atoms with E-state index in [0.29, 0.717) is 16.7 Å². The summed E-state index contributed by atoms with van der Waals surface area (Å²) < 4.78 is 18.1. The van der Waals surface area contributed by atoms with Crippen molar-refractivity contribution in [2.24, 2.45) is 0 Å². The molecular weight excluding hydrogens is 346 g/mol. The molecule has 6 nitrogen and oxygen atoms in total. The topological polar surface area (TPSA) is 70.7 Å². The van der Waals surface area contributed by atoms with Crippen molar-refractivity contribution < 1.29 is 23.5 Å². The van der Waals surface area contributed by atoms with Crippen molar-refractivity contribution in [3.05, 3.63) is 58.6 Å². The van der Waals surface area contributed by atoms with E-state index in [1.54, 1.807) is 13.2 Å². The molecule has 0 fully saturated rings. The number of rotatable bonds is 7. The number of Topliss-reactive ketones (excluding diaryl/α,β-unsaturated/α-hetero) is 1. The lowest BCUT2D eigenvalue weighted by molar-refractivity contribution is 0.0441. The summed E-state index contributed by atoms with van der Waals surface area (Å²) in [5.74, 6) is -0.832. The first-order valence-electron chi connectivity index (χ1n) is 8.84. The van der Waals surface area contributed by atoms with Crippen LogP contribution in [0.5, 0.6) is 0 Å². The van der Waals surface area contributed by atoms with Gasteiger partial charge in [0.15, 0.2) is 6.61 Å². The minimum Gasteiger partial charge on any atom is -0.451 e. The first kappa shape index (κ1) is 18.9. The number of aromatic nitrogens is 1. The Bertz CT molecular complexity index is 996. The van der Waals surface area contributed by atoms with Crippen LogP contribution in [0.1, 0.15) is 44.8 Å². The summed E-state index contributed by atoms with van der Waals surface area (Å²) in [6.07, 6.45) is 0. The fourth-order valence-corrected chi connectivity index (χ4v) is 3.40. The van der Waals surface area contributed by atoms with E-state index in [2.05, 4.69) is 0 Å². The number of benzene rings is 1. The quantitative estimate of drug-likeness (QED) is 0.464. The molecule has 2 heterocycles. The number of ketones is 1. The SMILES string of the molecule is CCn1c(C)cc(C(=O)COC(=O)c2oc3ccccc3c2COC)c1C. The van der Waals surface area contributed by atoms with Gasteiger partial charge in [-0.1, -0.05) is 18.2 Å². The summed E-state index contributed by atoms with van der Waals surface area (Å²) in [6.45, 7) is 6.52. The molecule has 3 aromatic rings. The highest BCUT2D eigenvalue weighted by Gasteiger charge is 2.23. The third kappa shape index (κ3) is 3.53. The Labute approximate surface area is 157 Å². The number of carbonyl (C=O) groups is 2. The molecule has 142 valence electrons. The number of hydrogen-bond acceptors (Lipinski definition) is 5. The molecule has 0 spiro atoms. The number of fused-ring (bicyclic) bond motifs is 1. The summed E-state index contributed by atoms with van der Waals surface area (Å²) >= 11 is 0. The predicted molar refractivity (Wildman–Crippen MR) is 101 cm³/mol. The Balaban J connectivity index is 1.79. The summed E-state index contributed by atoms with van der Waals surface area (Å²) in [6, 6.07) is 9.14. The molecule has 0 aliphatic heterocycles. The third-order valence-corrected chi connectivity index (χ3v) is 4.70. The molecule has 2 aromatic heterocycles. The van der Waals surface area contributed by atoms with Gasteiger partial charge in [0.1, 0.15) is 5.58 Å². The Hall–Kier alpha value is -2.86. The van der Waals surface area contributed by atoms with Crippen molar-refractivity contribution in [3.8, 4) is 0 Å². The number of esters is 1. The normalized spacial score (nSPS) is 11.1. The van der Waals surface area contributed by atoms with Crippen LogP contribution in [0, 0.1) is 13.8 Å². The third-order valence-electron chi connectivity index (χ3n) is 4.70. The Morgan fingerprint density at radius 3 is 2.59 bits per heavy atom. The molecule has 3 rings (SSSR count). The van der Waals surface area contributed by atoms with Crippen LogP contribution in [-0.4, -0.2) is 30.0 Å². The monoisotopic (exact) mass is 369 g/mol. The Kier molecular flexibility index (Phi) is 5.46. The van der Waals surface area contributed by atoms with Crippen LogP contribution in [0.15, 0.2) is 34.7 Å². The predicted octanol–water partition coefficient (Wildman–Crippen LogP) is 4.06. The molecule has 6 heteroatoms. The lowest BCUT2D eigenvalue weighted by Crippen LogP contribution is -2.15. The van der Waals surface area contributed by atoms with Crippen molar-refractivity contribution in [3.63, 3.8) is 0 Å². The fourth-order valence-electron chi connectivity index (χ4n) is 3.40. The number of furan rings is 1. The minimum atomic E-state index is -0.670. The van der Waals surface area contributed by atoms with Crippen LogP contribution >= 0.6 is 0 Å². The molecule has 0 bridgehead atoms. The molecule has 27 heavy (non-hydrogen) atoms. The van der Waals surface area contributed by atoms with Crippen LogP contribution < -0.4 is 0 Å². The molecule has 1 aromatic carbocycles. The van der Waals surface area contributed by atoms with E-state index in [1.165, 1.54) is 0 Å². The molecular formula is C21H23NO5. The average molecular weight is 369 g/mol. The first-order chi connectivity index (χ1) is 13.0. The second-order valence-electron chi connectivity index (χ2n) is 6.37. The van der Waals surface area contributed by atoms with Crippen LogP contribution in [-0.2, 0) is 22.6 Å². The standard InChI is InChI=1S/C21H23NO5/c1-5-22-13(2)10-16(14(22)3)18(23)12-26-21(24)20-17(11-25-4)15-8-6-7-9-19(15)27-20/h6-10H,5,11-12H2,1-4H3. The highest BCUT2D eigenvalue weighted by Crippen LogP contribution is 2.27. The molecule has 0 amide bonds. The number of aryl methyl sites for hydroxylation is 1. The maximum atomic E-state index is 12.5. The Morgan fingerprint density at radius 2 is 1.93 bits per heavy atom. The van der Waals surface area contributed by atoms with E-state index in [4.69, 9.17) is 13.9 Å². The highest BCUT2D eigenvalue weighted by atomic mass is 16.5. The van der Waals surface area contributed by atoms with Gasteiger partial charge in [-0.25, -0.2) is 4.79 Å². The van der Waals surface area contributed by atoms with Crippen LogP contribution in [0.2, 0.25) is 0 Å². The zero-order chi connectivity index (χ0) is 19.6. The minimum absolute atomic E-state index is 0.0740. The van der Waals surface area contributed by atoms with Crippen molar-refractivity contribution >= 4 is 22.7 Å². The van der Waals surface area contributed by atoms with Crippen molar-refractivity contribution in [1.29, 1.82) is 0 Å². The number of methoxy groups -OCH3 is 1. The van der Waals surface area contributed by atoms with E-state index in [9.17, 15) is 9.59 Å². The second kappa shape index (κ2) is 7.80. The average Bonchev–Trinajstić information content (AvgIpc) is 3.17. The highest BCUT2D eigenvalue weighted by molar-refractivity contribution is 6.01. The molecule has 0 aliphatic rings. The zero-order valence-electron chi connectivity index (χ0n) is 16.0. The number of ether oxygens (including phenoxy) is 2. The number of hydrogen-bond donors (Lipinski definition) is 0. The second-order valence-corrected chi connectivity index (χ2v) is 6.37. The number of nitrogens with zero attached hydrogens (tertiary/aromatic N) is 1. The van der Waals surface area contributed by atoms with Crippen molar-refractivity contribution in [1.82, 2.24) is 4.57 Å². The summed E-state index contributed by atoms with van der Waals surface area (Å²) in [5.41, 5.74) is 3.65. The van der Waals surface area contributed by atoms with Crippen molar-refractivity contribution in [2.75, 3.05) is 13.7 Å². The first-order valence-corrected chi connectivity index (χ1v) is 8.84. The van der Waals surface area contributed by atoms with Gasteiger partial charge in [0.05, 0.1) is 6.61 Å². The molecule has 0 saturated carbocycles. The van der Waals surface area contributed by atoms with Crippen LogP contribution in [0.4, 0.5) is 0 Å². The molecule has 0 atom stereocenters. The van der Waals surface area contributed by atoms with Gasteiger partial charge in [0.25, 0.3) is 0 Å². The summed E-state index contributed by atoms with van der Waals surface area (Å²) in [4.78, 5) is 25.0. The van der Waals surface area contributed by atoms with Gasteiger partial charge in [0.2, 0.25) is 11.5 Å². The van der Waals surface area contributed by atoms with E-state index in [1.807, 2.05) is 49.6 Å². The lowest BCUT2D eigenvalue weighted by Gasteiger charge is -2.06. The smallest absolute Gasteiger partial charge is 0.375 e. The largest absolute Gasteiger partial charge is 0.451 e. The van der Waals surface area contributed by atoms with Gasteiger partial charge >= 0.3 is 5.97 Å². The zero-order valence-corrected chi connectivity index (χ0v) is 16.0. The van der Waals surface area contributed by atoms with Crippen LogP contribution in [0.3, 0.4) is 0 Å². The van der Waals surface area contributed by atoms with Gasteiger partial charge in [-0.2, -0.15) is 0 Å². The number of para-hydroxylation sites is 1. The van der Waals surface area contributed by atoms with E-state index in [-0.39, 0.29) is 24.8 Å². The van der Waals surface area contributed by atoms with Crippen molar-refractivity contribution in [2.45, 2.75) is 33.9 Å². The molecule has 0 saturated heterocycles. The van der Waals surface area contributed by atoms with E-state index in [0.717, 1.165) is 23.3 Å². The molecule has 0 N–H and O–H groups in total. The van der Waals surface area contributed by atoms with E-state index < -0.39 is 5.97 Å². The van der Waals surface area contributed by atoms with E-state index >= 15 is 0 Å². The molecule has 0 radical (unpaired) electrons. The molecule has 0 aliphatic carbocycles. The lowest BCUT2D eigenvalue weighted by atomic mass is 10.1. The van der Waals surface area contributed by atoms with Gasteiger partial charge < -0.3 is 18.5 Å². The fraction of sp³-hybridized carbons (Fsp3) is 0.333.